The number of nitrogens with one attached hydrogen (secondary N) is 1. The number of aromatic nitrogens is 2. The van der Waals surface area contributed by atoms with E-state index in [9.17, 15) is 0 Å². The Labute approximate surface area is 154 Å². The van der Waals surface area contributed by atoms with E-state index in [-0.39, 0.29) is 13.2 Å². The van der Waals surface area contributed by atoms with E-state index >= 15 is 0 Å². The van der Waals surface area contributed by atoms with Crippen LogP contribution in [0.4, 0.5) is 0 Å². The summed E-state index contributed by atoms with van der Waals surface area (Å²) in [7, 11) is 0. The SMILES string of the molecule is OCCCc1c(Cl)c(Cl)cc2[nH]c(COc3ccc(Cl)cc3)nc12. The molecule has 0 saturated heterocycles. The third kappa shape index (κ3) is 3.78. The number of aromatic amines is 1. The Balaban J connectivity index is 1.85. The van der Waals surface area contributed by atoms with E-state index < -0.39 is 0 Å². The molecule has 2 N–H and O–H groups in total. The van der Waals surface area contributed by atoms with Crippen LogP contribution in [0.2, 0.25) is 15.1 Å². The minimum atomic E-state index is 0.0846. The summed E-state index contributed by atoms with van der Waals surface area (Å²) in [5.41, 5.74) is 2.39. The molecule has 7 heteroatoms. The van der Waals surface area contributed by atoms with Crippen LogP contribution in [0.1, 0.15) is 17.8 Å². The first-order chi connectivity index (χ1) is 11.6. The van der Waals surface area contributed by atoms with Crippen LogP contribution in [0.25, 0.3) is 11.0 Å². The molecular formula is C17H15Cl3N2O2. The zero-order chi connectivity index (χ0) is 17.1. The molecular weight excluding hydrogens is 371 g/mol. The van der Waals surface area contributed by atoms with E-state index in [1.54, 1.807) is 30.3 Å². The summed E-state index contributed by atoms with van der Waals surface area (Å²) in [6, 6.07) is 8.88. The summed E-state index contributed by atoms with van der Waals surface area (Å²) < 4.78 is 5.70. The lowest BCUT2D eigenvalue weighted by Gasteiger charge is -2.06. The van der Waals surface area contributed by atoms with Crippen LogP contribution in [0, 0.1) is 0 Å². The van der Waals surface area contributed by atoms with Gasteiger partial charge < -0.3 is 14.8 Å². The fraction of sp³-hybridized carbons (Fsp3) is 0.235. The lowest BCUT2D eigenvalue weighted by atomic mass is 10.1. The number of imidazole rings is 1. The number of hydrogen-bond donors (Lipinski definition) is 2. The molecule has 0 saturated carbocycles. The predicted molar refractivity (Wildman–Crippen MR) is 97.3 cm³/mol. The fourth-order valence-electron chi connectivity index (χ4n) is 2.45. The molecule has 0 aliphatic rings. The normalized spacial score (nSPS) is 11.2. The summed E-state index contributed by atoms with van der Waals surface area (Å²) in [4.78, 5) is 7.76. The molecule has 3 rings (SSSR count). The smallest absolute Gasteiger partial charge is 0.146 e. The van der Waals surface area contributed by atoms with Crippen molar-refractivity contribution in [1.82, 2.24) is 9.97 Å². The molecule has 0 aliphatic carbocycles. The van der Waals surface area contributed by atoms with Gasteiger partial charge in [0, 0.05) is 17.2 Å². The van der Waals surface area contributed by atoms with Crippen molar-refractivity contribution in [3.63, 3.8) is 0 Å². The van der Waals surface area contributed by atoms with Gasteiger partial charge in [0.25, 0.3) is 0 Å². The van der Waals surface area contributed by atoms with Gasteiger partial charge in [-0.25, -0.2) is 4.98 Å². The highest BCUT2D eigenvalue weighted by molar-refractivity contribution is 6.43. The molecule has 0 bridgehead atoms. The Bertz CT molecular complexity index is 847. The molecule has 1 aromatic heterocycles. The van der Waals surface area contributed by atoms with Crippen LogP contribution in [-0.4, -0.2) is 21.7 Å². The maximum Gasteiger partial charge on any atom is 0.146 e. The molecule has 0 radical (unpaired) electrons. The molecule has 24 heavy (non-hydrogen) atoms. The number of hydrogen-bond acceptors (Lipinski definition) is 3. The largest absolute Gasteiger partial charge is 0.486 e. The minimum Gasteiger partial charge on any atom is -0.486 e. The number of H-pyrrole nitrogens is 1. The van der Waals surface area contributed by atoms with Crippen LogP contribution in [-0.2, 0) is 13.0 Å². The summed E-state index contributed by atoms with van der Waals surface area (Å²) in [5, 5.41) is 10.7. The van der Waals surface area contributed by atoms with Crippen molar-refractivity contribution in [2.75, 3.05) is 6.61 Å². The minimum absolute atomic E-state index is 0.0846. The van der Waals surface area contributed by atoms with E-state index in [1.807, 2.05) is 0 Å². The van der Waals surface area contributed by atoms with Crippen LogP contribution in [0.15, 0.2) is 30.3 Å². The molecule has 0 unspecified atom stereocenters. The van der Waals surface area contributed by atoms with E-state index in [4.69, 9.17) is 44.6 Å². The zero-order valence-corrected chi connectivity index (χ0v) is 14.9. The van der Waals surface area contributed by atoms with Crippen molar-refractivity contribution >= 4 is 45.8 Å². The van der Waals surface area contributed by atoms with Gasteiger partial charge in [0.1, 0.15) is 18.2 Å². The highest BCUT2D eigenvalue weighted by Gasteiger charge is 2.15. The Morgan fingerprint density at radius 3 is 2.58 bits per heavy atom. The second kappa shape index (κ2) is 7.62. The third-order valence-electron chi connectivity index (χ3n) is 3.59. The molecule has 2 aromatic carbocycles. The quantitative estimate of drug-likeness (QED) is 0.626. The van der Waals surface area contributed by atoms with Crippen molar-refractivity contribution in [1.29, 1.82) is 0 Å². The maximum absolute atomic E-state index is 9.06. The molecule has 0 fully saturated rings. The summed E-state index contributed by atoms with van der Waals surface area (Å²) in [6.07, 6.45) is 1.20. The molecule has 4 nitrogen and oxygen atoms in total. The van der Waals surface area contributed by atoms with Gasteiger partial charge in [0.05, 0.1) is 21.1 Å². The van der Waals surface area contributed by atoms with Gasteiger partial charge in [0.2, 0.25) is 0 Å². The number of rotatable bonds is 6. The average Bonchev–Trinajstić information content (AvgIpc) is 2.97. The molecule has 0 amide bonds. The van der Waals surface area contributed by atoms with Gasteiger partial charge in [-0.3, -0.25) is 0 Å². The van der Waals surface area contributed by atoms with Gasteiger partial charge in [-0.1, -0.05) is 34.8 Å². The Morgan fingerprint density at radius 2 is 1.88 bits per heavy atom. The van der Waals surface area contributed by atoms with Gasteiger partial charge in [0.15, 0.2) is 0 Å². The second-order valence-electron chi connectivity index (χ2n) is 5.30. The molecule has 3 aromatic rings. The van der Waals surface area contributed by atoms with Crippen molar-refractivity contribution in [2.24, 2.45) is 0 Å². The maximum atomic E-state index is 9.06. The summed E-state index contributed by atoms with van der Waals surface area (Å²) in [5.74, 6) is 1.37. The lowest BCUT2D eigenvalue weighted by molar-refractivity contribution is 0.288. The van der Waals surface area contributed by atoms with Crippen molar-refractivity contribution in [3.8, 4) is 5.75 Å². The predicted octanol–water partition coefficient (Wildman–Crippen LogP) is 5.03. The van der Waals surface area contributed by atoms with Gasteiger partial charge >= 0.3 is 0 Å². The van der Waals surface area contributed by atoms with E-state index in [1.165, 1.54) is 0 Å². The van der Waals surface area contributed by atoms with Gasteiger partial charge in [-0.2, -0.15) is 0 Å². The number of nitrogens with zero attached hydrogens (tertiary/aromatic N) is 1. The van der Waals surface area contributed by atoms with Gasteiger partial charge in [-0.05, 0) is 43.2 Å². The molecule has 0 atom stereocenters. The monoisotopic (exact) mass is 384 g/mol. The molecule has 0 aliphatic heterocycles. The van der Waals surface area contributed by atoms with Crippen molar-refractivity contribution in [2.45, 2.75) is 19.4 Å². The standard InChI is InChI=1S/C17H15Cl3N2O2/c18-10-3-5-11(6-4-10)24-9-15-21-14-8-13(19)16(20)12(2-1-7-23)17(14)22-15/h3-6,8,23H,1-2,7,9H2,(H,21,22). The zero-order valence-electron chi connectivity index (χ0n) is 12.7. The topological polar surface area (TPSA) is 58.1 Å². The molecule has 126 valence electrons. The number of fused-ring (bicyclic) bond motifs is 1. The molecule has 0 spiro atoms. The highest BCUT2D eigenvalue weighted by atomic mass is 35.5. The Morgan fingerprint density at radius 1 is 1.12 bits per heavy atom. The first-order valence-corrected chi connectivity index (χ1v) is 8.56. The number of ether oxygens (including phenoxy) is 1. The highest BCUT2D eigenvalue weighted by Crippen LogP contribution is 2.33. The number of aliphatic hydroxyl groups is 1. The number of aliphatic hydroxyl groups excluding tert-OH is 1. The van der Waals surface area contributed by atoms with Crippen LogP contribution >= 0.6 is 34.8 Å². The average molecular weight is 386 g/mol. The van der Waals surface area contributed by atoms with Crippen molar-refractivity contribution in [3.05, 3.63) is 56.8 Å². The van der Waals surface area contributed by atoms with Crippen LogP contribution in [0.3, 0.4) is 0 Å². The number of aryl methyl sites for hydroxylation is 1. The summed E-state index contributed by atoms with van der Waals surface area (Å²) in [6.45, 7) is 0.367. The Hall–Kier alpha value is -1.46. The third-order valence-corrected chi connectivity index (χ3v) is 4.66. The first kappa shape index (κ1) is 17.4. The van der Waals surface area contributed by atoms with Crippen molar-refractivity contribution < 1.29 is 9.84 Å². The fourth-order valence-corrected chi connectivity index (χ4v) is 3.03. The van der Waals surface area contributed by atoms with E-state index in [0.29, 0.717) is 39.5 Å². The number of halogens is 3. The summed E-state index contributed by atoms with van der Waals surface area (Å²) >= 11 is 18.3. The number of benzene rings is 2. The first-order valence-electron chi connectivity index (χ1n) is 7.43. The van der Waals surface area contributed by atoms with Crippen LogP contribution in [0.5, 0.6) is 5.75 Å². The Kier molecular flexibility index (Phi) is 5.51. The van der Waals surface area contributed by atoms with Crippen LogP contribution < -0.4 is 4.74 Å². The lowest BCUT2D eigenvalue weighted by Crippen LogP contribution is -1.97. The van der Waals surface area contributed by atoms with E-state index in [0.717, 1.165) is 16.6 Å². The molecule has 1 heterocycles. The van der Waals surface area contributed by atoms with Gasteiger partial charge in [-0.15, -0.1) is 0 Å². The van der Waals surface area contributed by atoms with E-state index in [2.05, 4.69) is 9.97 Å². The second-order valence-corrected chi connectivity index (χ2v) is 6.52.